The molecular weight excluding hydrogens is 266 g/mol. The van der Waals surface area contributed by atoms with Gasteiger partial charge in [-0.05, 0) is 51.5 Å². The lowest BCUT2D eigenvalue weighted by Gasteiger charge is -2.23. The first-order valence-corrected chi connectivity index (χ1v) is 7.20. The average Bonchev–Trinajstić information content (AvgIpc) is 2.45. The predicted octanol–water partition coefficient (Wildman–Crippen LogP) is 2.43. The molecule has 0 saturated carbocycles. The van der Waals surface area contributed by atoms with E-state index in [1.54, 1.807) is 14.2 Å². The first-order chi connectivity index (χ1) is 9.94. The summed E-state index contributed by atoms with van der Waals surface area (Å²) < 4.78 is 10.8. The summed E-state index contributed by atoms with van der Waals surface area (Å²) in [6.07, 6.45) is 0.900. The molecule has 1 aromatic carbocycles. The van der Waals surface area contributed by atoms with Crippen molar-refractivity contribution in [2.75, 3.05) is 27.3 Å². The van der Waals surface area contributed by atoms with Gasteiger partial charge in [0.2, 0.25) is 0 Å². The van der Waals surface area contributed by atoms with Crippen molar-refractivity contribution in [1.29, 1.82) is 0 Å². The number of aliphatic imine (C=N–C) groups is 1. The third kappa shape index (κ3) is 7.44. The standard InChI is InChI=1S/C16H27N3O2/c1-16(2,3)19-15(17-4)18-11-6-12-21-14-9-7-13(20-5)8-10-14/h7-10H,6,11-12H2,1-5H3,(H2,17,18,19). The molecule has 0 aliphatic carbocycles. The van der Waals surface area contributed by atoms with E-state index in [0.29, 0.717) is 6.61 Å². The molecule has 0 radical (unpaired) electrons. The van der Waals surface area contributed by atoms with Gasteiger partial charge in [-0.2, -0.15) is 0 Å². The molecule has 5 heteroatoms. The van der Waals surface area contributed by atoms with Gasteiger partial charge in [0.15, 0.2) is 5.96 Å². The van der Waals surface area contributed by atoms with Crippen LogP contribution in [0.4, 0.5) is 0 Å². The first-order valence-electron chi connectivity index (χ1n) is 7.20. The van der Waals surface area contributed by atoms with Gasteiger partial charge in [-0.1, -0.05) is 0 Å². The topological polar surface area (TPSA) is 54.9 Å². The Morgan fingerprint density at radius 2 is 1.76 bits per heavy atom. The summed E-state index contributed by atoms with van der Waals surface area (Å²) in [5.74, 6) is 2.50. The van der Waals surface area contributed by atoms with Crippen molar-refractivity contribution in [3.63, 3.8) is 0 Å². The number of methoxy groups -OCH3 is 1. The van der Waals surface area contributed by atoms with Crippen molar-refractivity contribution in [3.8, 4) is 11.5 Å². The van der Waals surface area contributed by atoms with Gasteiger partial charge in [0.1, 0.15) is 11.5 Å². The zero-order valence-corrected chi connectivity index (χ0v) is 13.7. The van der Waals surface area contributed by atoms with E-state index in [2.05, 4.69) is 36.4 Å². The fourth-order valence-electron chi connectivity index (χ4n) is 1.68. The molecule has 0 aromatic heterocycles. The summed E-state index contributed by atoms with van der Waals surface area (Å²) in [6.45, 7) is 7.78. The molecule has 0 heterocycles. The highest BCUT2D eigenvalue weighted by molar-refractivity contribution is 5.80. The van der Waals surface area contributed by atoms with Crippen LogP contribution >= 0.6 is 0 Å². The van der Waals surface area contributed by atoms with E-state index in [9.17, 15) is 0 Å². The van der Waals surface area contributed by atoms with Crippen molar-refractivity contribution in [2.24, 2.45) is 4.99 Å². The zero-order chi connectivity index (χ0) is 15.7. The number of ether oxygens (including phenoxy) is 2. The van der Waals surface area contributed by atoms with Crippen molar-refractivity contribution in [3.05, 3.63) is 24.3 Å². The second-order valence-corrected chi connectivity index (χ2v) is 5.75. The third-order valence-corrected chi connectivity index (χ3v) is 2.66. The summed E-state index contributed by atoms with van der Waals surface area (Å²) in [6, 6.07) is 7.60. The number of nitrogens with zero attached hydrogens (tertiary/aromatic N) is 1. The third-order valence-electron chi connectivity index (χ3n) is 2.66. The van der Waals surface area contributed by atoms with Gasteiger partial charge >= 0.3 is 0 Å². The van der Waals surface area contributed by atoms with E-state index >= 15 is 0 Å². The second kappa shape index (κ2) is 8.39. The number of rotatable bonds is 6. The Morgan fingerprint density at radius 1 is 1.14 bits per heavy atom. The number of hydrogen-bond donors (Lipinski definition) is 2. The minimum atomic E-state index is 0.00143. The predicted molar refractivity (Wildman–Crippen MR) is 87.4 cm³/mol. The minimum absolute atomic E-state index is 0.00143. The van der Waals surface area contributed by atoms with Gasteiger partial charge in [-0.25, -0.2) is 0 Å². The smallest absolute Gasteiger partial charge is 0.191 e. The maximum absolute atomic E-state index is 5.67. The molecule has 21 heavy (non-hydrogen) atoms. The van der Waals surface area contributed by atoms with Gasteiger partial charge in [0.25, 0.3) is 0 Å². The summed E-state index contributed by atoms with van der Waals surface area (Å²) in [5.41, 5.74) is 0.00143. The SMILES string of the molecule is CN=C(NCCCOc1ccc(OC)cc1)NC(C)(C)C. The molecule has 0 fully saturated rings. The molecule has 1 rings (SSSR count). The monoisotopic (exact) mass is 293 g/mol. The molecular formula is C16H27N3O2. The molecule has 0 atom stereocenters. The molecule has 0 unspecified atom stereocenters. The van der Waals surface area contributed by atoms with E-state index in [1.165, 1.54) is 0 Å². The molecule has 0 amide bonds. The fraction of sp³-hybridized carbons (Fsp3) is 0.562. The molecule has 0 bridgehead atoms. The summed E-state index contributed by atoms with van der Waals surface area (Å²) in [4.78, 5) is 4.19. The van der Waals surface area contributed by atoms with Gasteiger partial charge in [0.05, 0.1) is 13.7 Å². The summed E-state index contributed by atoms with van der Waals surface area (Å²) >= 11 is 0. The van der Waals surface area contributed by atoms with Gasteiger partial charge < -0.3 is 20.1 Å². The van der Waals surface area contributed by atoms with E-state index in [-0.39, 0.29) is 5.54 Å². The van der Waals surface area contributed by atoms with Gasteiger partial charge in [0, 0.05) is 19.1 Å². The van der Waals surface area contributed by atoms with Crippen LogP contribution in [-0.4, -0.2) is 38.8 Å². The van der Waals surface area contributed by atoms with Crippen LogP contribution in [0.1, 0.15) is 27.2 Å². The van der Waals surface area contributed by atoms with Gasteiger partial charge in [-0.15, -0.1) is 0 Å². The van der Waals surface area contributed by atoms with Crippen LogP contribution in [-0.2, 0) is 0 Å². The lowest BCUT2D eigenvalue weighted by atomic mass is 10.1. The molecule has 0 aliphatic heterocycles. The lowest BCUT2D eigenvalue weighted by Crippen LogP contribution is -2.47. The number of guanidine groups is 1. The largest absolute Gasteiger partial charge is 0.497 e. The Labute approximate surface area is 127 Å². The van der Waals surface area contributed by atoms with Gasteiger partial charge in [-0.3, -0.25) is 4.99 Å². The fourth-order valence-corrected chi connectivity index (χ4v) is 1.68. The summed E-state index contributed by atoms with van der Waals surface area (Å²) in [7, 11) is 3.43. The van der Waals surface area contributed by atoms with E-state index in [0.717, 1.165) is 30.4 Å². The molecule has 0 spiro atoms. The lowest BCUT2D eigenvalue weighted by molar-refractivity contribution is 0.310. The van der Waals surface area contributed by atoms with Crippen LogP contribution in [0, 0.1) is 0 Å². The number of hydrogen-bond acceptors (Lipinski definition) is 3. The van der Waals surface area contributed by atoms with Crippen molar-refractivity contribution >= 4 is 5.96 Å². The Hall–Kier alpha value is -1.91. The molecule has 0 saturated heterocycles. The highest BCUT2D eigenvalue weighted by Crippen LogP contribution is 2.16. The Morgan fingerprint density at radius 3 is 2.29 bits per heavy atom. The van der Waals surface area contributed by atoms with E-state index in [1.807, 2.05) is 24.3 Å². The van der Waals surface area contributed by atoms with Crippen LogP contribution < -0.4 is 20.1 Å². The molecule has 0 aliphatic rings. The Balaban J connectivity index is 2.21. The molecule has 1 aromatic rings. The quantitative estimate of drug-likeness (QED) is 0.480. The molecule has 5 nitrogen and oxygen atoms in total. The normalized spacial score (nSPS) is 12.0. The van der Waals surface area contributed by atoms with Crippen molar-refractivity contribution in [2.45, 2.75) is 32.7 Å². The van der Waals surface area contributed by atoms with Crippen LogP contribution in [0.15, 0.2) is 29.3 Å². The van der Waals surface area contributed by atoms with Crippen molar-refractivity contribution in [1.82, 2.24) is 10.6 Å². The van der Waals surface area contributed by atoms with E-state index in [4.69, 9.17) is 9.47 Å². The number of benzene rings is 1. The number of nitrogens with one attached hydrogen (secondary N) is 2. The highest BCUT2D eigenvalue weighted by Gasteiger charge is 2.11. The average molecular weight is 293 g/mol. The second-order valence-electron chi connectivity index (χ2n) is 5.75. The maximum Gasteiger partial charge on any atom is 0.191 e. The zero-order valence-electron chi connectivity index (χ0n) is 13.7. The van der Waals surface area contributed by atoms with E-state index < -0.39 is 0 Å². The molecule has 2 N–H and O–H groups in total. The minimum Gasteiger partial charge on any atom is -0.497 e. The first kappa shape index (κ1) is 17.1. The van der Waals surface area contributed by atoms with Crippen LogP contribution in [0.25, 0.3) is 0 Å². The molecule has 118 valence electrons. The summed E-state index contributed by atoms with van der Waals surface area (Å²) in [5, 5.41) is 6.58. The van der Waals surface area contributed by atoms with Crippen LogP contribution in [0.5, 0.6) is 11.5 Å². The van der Waals surface area contributed by atoms with Crippen LogP contribution in [0.2, 0.25) is 0 Å². The van der Waals surface area contributed by atoms with Crippen molar-refractivity contribution < 1.29 is 9.47 Å². The maximum atomic E-state index is 5.67. The Kier molecular flexibility index (Phi) is 6.85. The Bertz CT molecular complexity index is 436. The highest BCUT2D eigenvalue weighted by atomic mass is 16.5. The van der Waals surface area contributed by atoms with Crippen LogP contribution in [0.3, 0.4) is 0 Å².